The summed E-state index contributed by atoms with van der Waals surface area (Å²) in [7, 11) is 0. The SMILES string of the molecule is Clc1cc(Br)ccc1CCC1COCCN1. The number of benzene rings is 1. The van der Waals surface area contributed by atoms with Gasteiger partial charge in [-0.3, -0.25) is 0 Å². The van der Waals surface area contributed by atoms with Gasteiger partial charge in [-0.05, 0) is 30.5 Å². The van der Waals surface area contributed by atoms with Crippen LogP contribution in [0.2, 0.25) is 5.02 Å². The summed E-state index contributed by atoms with van der Waals surface area (Å²) in [6, 6.07) is 6.53. The van der Waals surface area contributed by atoms with Gasteiger partial charge in [-0.25, -0.2) is 0 Å². The predicted octanol–water partition coefficient (Wildman–Crippen LogP) is 3.02. The van der Waals surface area contributed by atoms with Crippen molar-refractivity contribution in [2.24, 2.45) is 0 Å². The maximum absolute atomic E-state index is 6.17. The first-order valence-corrected chi connectivity index (χ1v) is 6.68. The first-order valence-electron chi connectivity index (χ1n) is 5.51. The molecule has 1 aromatic carbocycles. The van der Waals surface area contributed by atoms with Crippen LogP contribution in [0.1, 0.15) is 12.0 Å². The Morgan fingerprint density at radius 3 is 3.06 bits per heavy atom. The molecule has 0 radical (unpaired) electrons. The largest absolute Gasteiger partial charge is 0.379 e. The number of nitrogens with one attached hydrogen (secondary N) is 1. The van der Waals surface area contributed by atoms with E-state index in [4.69, 9.17) is 16.3 Å². The van der Waals surface area contributed by atoms with E-state index < -0.39 is 0 Å². The summed E-state index contributed by atoms with van der Waals surface area (Å²) in [6.45, 7) is 2.60. The number of halogens is 2. The van der Waals surface area contributed by atoms with Crippen molar-refractivity contribution >= 4 is 27.5 Å². The molecule has 1 aromatic rings. The van der Waals surface area contributed by atoms with Crippen molar-refractivity contribution < 1.29 is 4.74 Å². The van der Waals surface area contributed by atoms with Crippen molar-refractivity contribution in [1.29, 1.82) is 0 Å². The molecule has 2 nitrogen and oxygen atoms in total. The van der Waals surface area contributed by atoms with Crippen molar-refractivity contribution in [3.8, 4) is 0 Å². The van der Waals surface area contributed by atoms with Crippen LogP contribution in [-0.2, 0) is 11.2 Å². The number of hydrogen-bond acceptors (Lipinski definition) is 2. The number of rotatable bonds is 3. The van der Waals surface area contributed by atoms with Gasteiger partial charge in [0.05, 0.1) is 13.2 Å². The molecule has 1 aliphatic rings. The minimum Gasteiger partial charge on any atom is -0.379 e. The second kappa shape index (κ2) is 6.01. The molecular formula is C12H15BrClNO. The zero-order valence-electron chi connectivity index (χ0n) is 9.01. The predicted molar refractivity (Wildman–Crippen MR) is 70.1 cm³/mol. The second-order valence-corrected chi connectivity index (χ2v) is 5.32. The van der Waals surface area contributed by atoms with Gasteiger partial charge in [0, 0.05) is 22.1 Å². The van der Waals surface area contributed by atoms with Crippen LogP contribution in [0.15, 0.2) is 22.7 Å². The normalized spacial score (nSPS) is 21.0. The zero-order chi connectivity index (χ0) is 11.4. The minimum atomic E-state index is 0.466. The molecule has 4 heteroatoms. The Kier molecular flexibility index (Phi) is 4.65. The highest BCUT2D eigenvalue weighted by Crippen LogP contribution is 2.22. The van der Waals surface area contributed by atoms with Crippen molar-refractivity contribution in [1.82, 2.24) is 5.32 Å². The van der Waals surface area contributed by atoms with Gasteiger partial charge in [0.25, 0.3) is 0 Å². The van der Waals surface area contributed by atoms with Crippen LogP contribution in [0.25, 0.3) is 0 Å². The molecule has 2 rings (SSSR count). The van der Waals surface area contributed by atoms with Crippen molar-refractivity contribution in [3.05, 3.63) is 33.3 Å². The Morgan fingerprint density at radius 2 is 2.38 bits per heavy atom. The maximum Gasteiger partial charge on any atom is 0.0620 e. The Bertz CT molecular complexity index is 353. The molecule has 1 N–H and O–H groups in total. The summed E-state index contributed by atoms with van der Waals surface area (Å²) < 4.78 is 6.45. The minimum absolute atomic E-state index is 0.466. The van der Waals surface area contributed by atoms with Crippen molar-refractivity contribution in [2.45, 2.75) is 18.9 Å². The average molecular weight is 305 g/mol. The van der Waals surface area contributed by atoms with Crippen molar-refractivity contribution in [3.63, 3.8) is 0 Å². The molecule has 16 heavy (non-hydrogen) atoms. The Balaban J connectivity index is 1.88. The van der Waals surface area contributed by atoms with Gasteiger partial charge in [0.1, 0.15) is 0 Å². The summed E-state index contributed by atoms with van der Waals surface area (Å²) in [5.74, 6) is 0. The molecule has 0 bridgehead atoms. The second-order valence-electron chi connectivity index (χ2n) is 4.00. The first-order chi connectivity index (χ1) is 7.75. The molecule has 1 heterocycles. The third kappa shape index (κ3) is 3.45. The van der Waals surface area contributed by atoms with Crippen LogP contribution >= 0.6 is 27.5 Å². The Morgan fingerprint density at radius 1 is 1.50 bits per heavy atom. The number of ether oxygens (including phenoxy) is 1. The fourth-order valence-electron chi connectivity index (χ4n) is 1.86. The van der Waals surface area contributed by atoms with E-state index >= 15 is 0 Å². The summed E-state index contributed by atoms with van der Waals surface area (Å²) in [5, 5.41) is 4.28. The summed E-state index contributed by atoms with van der Waals surface area (Å²) >= 11 is 9.57. The molecular weight excluding hydrogens is 289 g/mol. The quantitative estimate of drug-likeness (QED) is 0.927. The monoisotopic (exact) mass is 303 g/mol. The fraction of sp³-hybridized carbons (Fsp3) is 0.500. The summed E-state index contributed by atoms with van der Waals surface area (Å²) in [6.07, 6.45) is 2.06. The van der Waals surface area contributed by atoms with Gasteiger partial charge in [-0.15, -0.1) is 0 Å². The molecule has 1 saturated heterocycles. The highest BCUT2D eigenvalue weighted by molar-refractivity contribution is 9.10. The van der Waals surface area contributed by atoms with Crippen LogP contribution in [0.5, 0.6) is 0 Å². The van der Waals surface area contributed by atoms with Gasteiger partial charge < -0.3 is 10.1 Å². The first kappa shape index (κ1) is 12.4. The summed E-state index contributed by atoms with van der Waals surface area (Å²) in [5.41, 5.74) is 1.21. The zero-order valence-corrected chi connectivity index (χ0v) is 11.4. The van der Waals surface area contributed by atoms with Crippen LogP contribution in [0.4, 0.5) is 0 Å². The van der Waals surface area contributed by atoms with E-state index in [0.29, 0.717) is 6.04 Å². The molecule has 88 valence electrons. The van der Waals surface area contributed by atoms with Gasteiger partial charge in [-0.1, -0.05) is 33.6 Å². The van der Waals surface area contributed by atoms with E-state index in [1.165, 1.54) is 5.56 Å². The van der Waals surface area contributed by atoms with Gasteiger partial charge in [0.2, 0.25) is 0 Å². The molecule has 1 fully saturated rings. The average Bonchev–Trinajstić information content (AvgIpc) is 2.29. The number of aryl methyl sites for hydroxylation is 1. The lowest BCUT2D eigenvalue weighted by atomic mass is 10.1. The molecule has 1 atom stereocenters. The maximum atomic E-state index is 6.17. The number of hydrogen-bond donors (Lipinski definition) is 1. The lowest BCUT2D eigenvalue weighted by Crippen LogP contribution is -2.41. The van der Waals surface area contributed by atoms with Gasteiger partial charge >= 0.3 is 0 Å². The van der Waals surface area contributed by atoms with Gasteiger partial charge in [0.15, 0.2) is 0 Å². The third-order valence-electron chi connectivity index (χ3n) is 2.78. The van der Waals surface area contributed by atoms with E-state index in [2.05, 4.69) is 27.3 Å². The van der Waals surface area contributed by atoms with Crippen LogP contribution in [0, 0.1) is 0 Å². The third-order valence-corrected chi connectivity index (χ3v) is 3.62. The fourth-order valence-corrected chi connectivity index (χ4v) is 2.63. The Hall–Kier alpha value is -0.0900. The van der Waals surface area contributed by atoms with E-state index in [-0.39, 0.29) is 0 Å². The highest BCUT2D eigenvalue weighted by atomic mass is 79.9. The molecule has 0 spiro atoms. The van der Waals surface area contributed by atoms with Gasteiger partial charge in [-0.2, -0.15) is 0 Å². The molecule has 0 aliphatic carbocycles. The highest BCUT2D eigenvalue weighted by Gasteiger charge is 2.13. The molecule has 0 amide bonds. The van der Waals surface area contributed by atoms with Crippen LogP contribution in [0.3, 0.4) is 0 Å². The molecule has 1 unspecified atom stereocenters. The Labute approximate surface area is 109 Å². The van der Waals surface area contributed by atoms with Crippen LogP contribution in [-0.4, -0.2) is 25.8 Å². The molecule has 0 saturated carbocycles. The lowest BCUT2D eigenvalue weighted by Gasteiger charge is -2.23. The van der Waals surface area contributed by atoms with E-state index in [0.717, 1.165) is 42.1 Å². The topological polar surface area (TPSA) is 21.3 Å². The number of morpholine rings is 1. The molecule has 0 aromatic heterocycles. The van der Waals surface area contributed by atoms with E-state index in [1.54, 1.807) is 0 Å². The van der Waals surface area contributed by atoms with E-state index in [9.17, 15) is 0 Å². The van der Waals surface area contributed by atoms with Crippen molar-refractivity contribution in [2.75, 3.05) is 19.8 Å². The van der Waals surface area contributed by atoms with E-state index in [1.807, 2.05) is 12.1 Å². The van der Waals surface area contributed by atoms with Crippen LogP contribution < -0.4 is 5.32 Å². The lowest BCUT2D eigenvalue weighted by molar-refractivity contribution is 0.0743. The molecule has 1 aliphatic heterocycles. The summed E-state index contributed by atoms with van der Waals surface area (Å²) in [4.78, 5) is 0. The standard InChI is InChI=1S/C12H15BrClNO/c13-10-3-1-9(12(14)7-10)2-4-11-8-16-6-5-15-11/h1,3,7,11,15H,2,4-6,8H2. The smallest absolute Gasteiger partial charge is 0.0620 e.